The molecule has 2 atom stereocenters. The number of benzene rings is 3. The molecule has 0 aliphatic carbocycles. The molecule has 0 radical (unpaired) electrons. The van der Waals surface area contributed by atoms with Crippen molar-refractivity contribution in [1.29, 1.82) is 0 Å². The molecule has 0 saturated carbocycles. The van der Waals surface area contributed by atoms with Crippen molar-refractivity contribution < 1.29 is 24.9 Å². The Morgan fingerprint density at radius 2 is 1.37 bits per heavy atom. The van der Waals surface area contributed by atoms with Crippen LogP contribution in [0.2, 0.25) is 0 Å². The molecule has 1 aliphatic rings. The van der Waals surface area contributed by atoms with E-state index in [1.165, 1.54) is 15.9 Å². The molecular weight excluding hydrogens is 382 g/mol. The second kappa shape index (κ2) is 8.52. The predicted octanol–water partition coefficient (Wildman–Crippen LogP) is 1.19. The molecule has 1 saturated heterocycles. The summed E-state index contributed by atoms with van der Waals surface area (Å²) < 4.78 is 0. The SMILES string of the molecule is O=[N+]([O-])c1cccc(C2[NH+](Cc3ccccc3O)CC[NH+]2Cc2ccccc2O)c1. The minimum atomic E-state index is -0.371. The maximum atomic E-state index is 11.3. The first kappa shape index (κ1) is 19.9. The second-order valence-corrected chi connectivity index (χ2v) is 7.71. The molecule has 1 aliphatic heterocycles. The molecule has 0 amide bonds. The molecule has 1 fully saturated rings. The third kappa shape index (κ3) is 4.12. The van der Waals surface area contributed by atoms with Crippen molar-refractivity contribution in [3.8, 4) is 11.5 Å². The summed E-state index contributed by atoms with van der Waals surface area (Å²) in [6, 6.07) is 21.4. The van der Waals surface area contributed by atoms with Gasteiger partial charge in [0.05, 0.1) is 10.5 Å². The molecule has 0 aromatic heterocycles. The van der Waals surface area contributed by atoms with Crippen LogP contribution >= 0.6 is 0 Å². The van der Waals surface area contributed by atoms with Gasteiger partial charge in [-0.25, -0.2) is 0 Å². The van der Waals surface area contributed by atoms with Gasteiger partial charge >= 0.3 is 0 Å². The first-order chi connectivity index (χ1) is 14.5. The number of hydrogen-bond donors (Lipinski definition) is 4. The van der Waals surface area contributed by atoms with Crippen molar-refractivity contribution >= 4 is 5.69 Å². The zero-order valence-corrected chi connectivity index (χ0v) is 16.5. The lowest BCUT2D eigenvalue weighted by atomic mass is 10.1. The number of phenols is 2. The number of rotatable bonds is 6. The quantitative estimate of drug-likeness (QED) is 0.365. The normalized spacial score (nSPS) is 20.9. The Kier molecular flexibility index (Phi) is 5.65. The van der Waals surface area contributed by atoms with E-state index >= 15 is 0 Å². The van der Waals surface area contributed by atoms with E-state index in [2.05, 4.69) is 0 Å². The van der Waals surface area contributed by atoms with Gasteiger partial charge in [-0.1, -0.05) is 30.3 Å². The van der Waals surface area contributed by atoms with Crippen LogP contribution in [0.25, 0.3) is 0 Å². The number of nitro benzene ring substituents is 1. The molecule has 7 nitrogen and oxygen atoms in total. The number of non-ortho nitro benzene ring substituents is 1. The monoisotopic (exact) mass is 407 g/mol. The highest BCUT2D eigenvalue weighted by Crippen LogP contribution is 2.19. The Hall–Kier alpha value is -3.42. The predicted molar refractivity (Wildman–Crippen MR) is 111 cm³/mol. The molecule has 3 aromatic carbocycles. The number of quaternary nitrogens is 2. The van der Waals surface area contributed by atoms with Gasteiger partial charge in [-0.3, -0.25) is 19.9 Å². The molecule has 2 unspecified atom stereocenters. The summed E-state index contributed by atoms with van der Waals surface area (Å²) in [5.74, 6) is 0.522. The van der Waals surface area contributed by atoms with E-state index in [0.29, 0.717) is 13.1 Å². The average Bonchev–Trinajstić information content (AvgIpc) is 3.13. The fourth-order valence-electron chi connectivity index (χ4n) is 4.38. The zero-order chi connectivity index (χ0) is 21.1. The van der Waals surface area contributed by atoms with Crippen LogP contribution in [0.15, 0.2) is 72.8 Å². The van der Waals surface area contributed by atoms with Gasteiger partial charge in [-0.05, 0) is 30.3 Å². The second-order valence-electron chi connectivity index (χ2n) is 7.71. The van der Waals surface area contributed by atoms with Gasteiger partial charge < -0.3 is 10.2 Å². The van der Waals surface area contributed by atoms with Gasteiger partial charge in [-0.15, -0.1) is 0 Å². The summed E-state index contributed by atoms with van der Waals surface area (Å²) in [4.78, 5) is 13.4. The molecule has 4 N–H and O–H groups in total. The molecule has 30 heavy (non-hydrogen) atoms. The Labute approximate surface area is 174 Å². The van der Waals surface area contributed by atoms with E-state index in [9.17, 15) is 20.3 Å². The van der Waals surface area contributed by atoms with E-state index in [0.717, 1.165) is 29.8 Å². The van der Waals surface area contributed by atoms with Crippen molar-refractivity contribution in [3.05, 3.63) is 99.6 Å². The highest BCUT2D eigenvalue weighted by atomic mass is 16.6. The highest BCUT2D eigenvalue weighted by Gasteiger charge is 2.41. The van der Waals surface area contributed by atoms with Crippen molar-refractivity contribution in [1.82, 2.24) is 0 Å². The van der Waals surface area contributed by atoms with Crippen LogP contribution in [-0.4, -0.2) is 28.2 Å². The first-order valence-corrected chi connectivity index (χ1v) is 10.00. The Morgan fingerprint density at radius 3 is 1.87 bits per heavy atom. The summed E-state index contributed by atoms with van der Waals surface area (Å²) in [6.07, 6.45) is -0.0517. The minimum Gasteiger partial charge on any atom is -0.507 e. The third-order valence-electron chi connectivity index (χ3n) is 5.82. The van der Waals surface area contributed by atoms with Crippen molar-refractivity contribution in [3.63, 3.8) is 0 Å². The molecule has 154 valence electrons. The third-order valence-corrected chi connectivity index (χ3v) is 5.82. The van der Waals surface area contributed by atoms with Crippen LogP contribution < -0.4 is 9.80 Å². The van der Waals surface area contributed by atoms with Gasteiger partial charge in [0.15, 0.2) is 0 Å². The number of nitrogens with zero attached hydrogens (tertiary/aromatic N) is 1. The number of hydrogen-bond acceptors (Lipinski definition) is 4. The van der Waals surface area contributed by atoms with Gasteiger partial charge in [0.1, 0.15) is 37.7 Å². The lowest BCUT2D eigenvalue weighted by molar-refractivity contribution is -1.09. The Bertz CT molecular complexity index is 1000. The van der Waals surface area contributed by atoms with E-state index in [1.807, 2.05) is 30.3 Å². The summed E-state index contributed by atoms with van der Waals surface area (Å²) in [6.45, 7) is 2.93. The number of nitrogens with one attached hydrogen (secondary N) is 2. The minimum absolute atomic E-state index is 0.0517. The van der Waals surface area contributed by atoms with Gasteiger partial charge in [0, 0.05) is 23.3 Å². The Balaban J connectivity index is 1.68. The molecule has 4 rings (SSSR count). The van der Waals surface area contributed by atoms with E-state index in [1.54, 1.807) is 36.4 Å². The zero-order valence-electron chi connectivity index (χ0n) is 16.5. The summed E-state index contributed by atoms with van der Waals surface area (Å²) in [5.41, 5.74) is 2.67. The standard InChI is InChI=1S/C23H23N3O4/c27-21-10-3-1-6-18(21)15-24-12-13-25(16-19-7-2-4-11-22(19)28)23(24)17-8-5-9-20(14-17)26(29)30/h1-11,14,23,27-28H,12-13,15-16H2/p+2. The maximum absolute atomic E-state index is 11.3. The first-order valence-electron chi connectivity index (χ1n) is 10.00. The molecule has 1 heterocycles. The van der Waals surface area contributed by atoms with Crippen LogP contribution in [-0.2, 0) is 13.1 Å². The maximum Gasteiger partial charge on any atom is 0.270 e. The smallest absolute Gasteiger partial charge is 0.270 e. The van der Waals surface area contributed by atoms with Crippen molar-refractivity contribution in [2.45, 2.75) is 19.3 Å². The Morgan fingerprint density at radius 1 is 0.833 bits per heavy atom. The highest BCUT2D eigenvalue weighted by molar-refractivity contribution is 5.35. The lowest BCUT2D eigenvalue weighted by Crippen LogP contribution is -3.22. The van der Waals surface area contributed by atoms with E-state index in [-0.39, 0.29) is 28.3 Å². The van der Waals surface area contributed by atoms with Crippen LogP contribution in [0.5, 0.6) is 11.5 Å². The number of nitro groups is 1. The fraction of sp³-hybridized carbons (Fsp3) is 0.217. The van der Waals surface area contributed by atoms with Gasteiger partial charge in [0.2, 0.25) is 6.17 Å². The summed E-state index contributed by atoms with van der Waals surface area (Å²) in [5, 5.41) is 31.8. The summed E-state index contributed by atoms with van der Waals surface area (Å²) >= 11 is 0. The van der Waals surface area contributed by atoms with Crippen molar-refractivity contribution in [2.24, 2.45) is 0 Å². The number of para-hydroxylation sites is 2. The van der Waals surface area contributed by atoms with Crippen LogP contribution in [0.4, 0.5) is 5.69 Å². The fourth-order valence-corrected chi connectivity index (χ4v) is 4.38. The molecule has 7 heteroatoms. The topological polar surface area (TPSA) is 92.5 Å². The molecule has 0 bridgehead atoms. The number of aromatic hydroxyl groups is 2. The van der Waals surface area contributed by atoms with Crippen LogP contribution in [0.3, 0.4) is 0 Å². The lowest BCUT2D eigenvalue weighted by Gasteiger charge is -2.25. The summed E-state index contributed by atoms with van der Waals surface area (Å²) in [7, 11) is 0. The largest absolute Gasteiger partial charge is 0.507 e. The molecule has 3 aromatic rings. The molecule has 0 spiro atoms. The average molecular weight is 407 g/mol. The van der Waals surface area contributed by atoms with Crippen LogP contribution in [0, 0.1) is 10.1 Å². The van der Waals surface area contributed by atoms with Gasteiger partial charge in [0.25, 0.3) is 5.69 Å². The van der Waals surface area contributed by atoms with Crippen LogP contribution in [0.1, 0.15) is 22.9 Å². The van der Waals surface area contributed by atoms with E-state index in [4.69, 9.17) is 0 Å². The molecular formula is C23H25N3O4+2. The van der Waals surface area contributed by atoms with Crippen molar-refractivity contribution in [2.75, 3.05) is 13.1 Å². The van der Waals surface area contributed by atoms with E-state index < -0.39 is 0 Å². The number of phenolic OH excluding ortho intramolecular Hbond substituents is 2. The van der Waals surface area contributed by atoms with Gasteiger partial charge in [-0.2, -0.15) is 0 Å².